The second-order valence-corrected chi connectivity index (χ2v) is 8.47. The lowest BCUT2D eigenvalue weighted by Crippen LogP contribution is -2.41. The number of rotatable bonds is 4. The summed E-state index contributed by atoms with van der Waals surface area (Å²) in [6, 6.07) is 0. The van der Waals surface area contributed by atoms with Crippen molar-refractivity contribution < 1.29 is 9.31 Å². The van der Waals surface area contributed by atoms with Gasteiger partial charge in [0, 0.05) is 30.3 Å². The van der Waals surface area contributed by atoms with Crippen LogP contribution in [0.3, 0.4) is 0 Å². The average Bonchev–Trinajstić information content (AvgIpc) is 3.29. The van der Waals surface area contributed by atoms with Crippen LogP contribution >= 0.6 is 0 Å². The van der Waals surface area contributed by atoms with E-state index >= 15 is 0 Å². The first-order valence-corrected chi connectivity index (χ1v) is 9.53. The van der Waals surface area contributed by atoms with E-state index in [9.17, 15) is 0 Å². The molecule has 0 atom stereocenters. The number of hydrogen-bond acceptors (Lipinski definition) is 5. The van der Waals surface area contributed by atoms with Crippen molar-refractivity contribution in [3.63, 3.8) is 0 Å². The Kier molecular flexibility index (Phi) is 4.39. The van der Waals surface area contributed by atoms with Crippen LogP contribution < -0.4 is 5.46 Å². The van der Waals surface area contributed by atoms with Gasteiger partial charge in [-0.05, 0) is 52.0 Å². The Balaban J connectivity index is 1.42. The maximum absolute atomic E-state index is 6.08. The van der Waals surface area contributed by atoms with Gasteiger partial charge in [0.15, 0.2) is 0 Å². The molecule has 2 fully saturated rings. The molecule has 2 aliphatic rings. The van der Waals surface area contributed by atoms with Crippen molar-refractivity contribution in [2.45, 2.75) is 77.0 Å². The predicted molar refractivity (Wildman–Crippen MR) is 100 cm³/mol. The molecule has 7 heteroatoms. The van der Waals surface area contributed by atoms with Crippen molar-refractivity contribution in [1.29, 1.82) is 0 Å². The Bertz CT molecular complexity index is 750. The van der Waals surface area contributed by atoms with Crippen molar-refractivity contribution in [3.05, 3.63) is 36.2 Å². The van der Waals surface area contributed by atoms with Crippen molar-refractivity contribution in [1.82, 2.24) is 19.7 Å². The maximum Gasteiger partial charge on any atom is 0.498 e. The molecule has 0 aromatic carbocycles. The second-order valence-electron chi connectivity index (χ2n) is 8.47. The molecule has 0 N–H and O–H groups in total. The Labute approximate surface area is 155 Å². The van der Waals surface area contributed by atoms with E-state index in [1.165, 1.54) is 31.2 Å². The highest BCUT2D eigenvalue weighted by Crippen LogP contribution is 2.36. The molecule has 0 unspecified atom stereocenters. The fourth-order valence-corrected chi connectivity index (χ4v) is 3.63. The fraction of sp³-hybridized carbons (Fsp3) is 0.632. The topological polar surface area (TPSA) is 62.1 Å². The molecule has 1 saturated carbocycles. The van der Waals surface area contributed by atoms with Crippen LogP contribution in [0.5, 0.6) is 0 Å². The number of aromatic nitrogens is 4. The quantitative estimate of drug-likeness (QED) is 0.790. The van der Waals surface area contributed by atoms with Crippen LogP contribution in [-0.2, 0) is 15.9 Å². The first-order valence-electron chi connectivity index (χ1n) is 9.53. The lowest BCUT2D eigenvalue weighted by atomic mass is 9.82. The monoisotopic (exact) mass is 354 g/mol. The van der Waals surface area contributed by atoms with Crippen molar-refractivity contribution in [2.24, 2.45) is 0 Å². The Morgan fingerprint density at radius 3 is 2.27 bits per heavy atom. The van der Waals surface area contributed by atoms with Crippen molar-refractivity contribution in [3.8, 4) is 0 Å². The molecule has 1 aliphatic carbocycles. The molecule has 0 radical (unpaired) electrons. The van der Waals surface area contributed by atoms with Crippen LogP contribution in [0.2, 0.25) is 0 Å². The zero-order valence-corrected chi connectivity index (χ0v) is 16.1. The van der Waals surface area contributed by atoms with E-state index in [-0.39, 0.29) is 18.3 Å². The summed E-state index contributed by atoms with van der Waals surface area (Å²) in [5, 5.41) is 4.43. The molecular formula is C19H27BN4O2. The fourth-order valence-electron chi connectivity index (χ4n) is 3.63. The van der Waals surface area contributed by atoms with E-state index in [2.05, 4.69) is 42.8 Å². The van der Waals surface area contributed by atoms with E-state index in [1.807, 2.05) is 23.3 Å². The minimum atomic E-state index is -0.389. The minimum Gasteiger partial charge on any atom is -0.399 e. The van der Waals surface area contributed by atoms with Crippen molar-refractivity contribution >= 4 is 12.6 Å². The average molecular weight is 354 g/mol. The summed E-state index contributed by atoms with van der Waals surface area (Å²) in [5.74, 6) is 1.42. The normalized spacial score (nSPS) is 22.2. The van der Waals surface area contributed by atoms with E-state index in [0.717, 1.165) is 11.3 Å². The number of hydrogen-bond donors (Lipinski definition) is 0. The molecule has 1 aliphatic heterocycles. The lowest BCUT2D eigenvalue weighted by Gasteiger charge is -2.32. The van der Waals surface area contributed by atoms with E-state index in [0.29, 0.717) is 12.5 Å². The molecule has 0 spiro atoms. The van der Waals surface area contributed by atoms with E-state index in [4.69, 9.17) is 9.31 Å². The van der Waals surface area contributed by atoms with Gasteiger partial charge < -0.3 is 9.31 Å². The smallest absolute Gasteiger partial charge is 0.399 e. The Hall–Kier alpha value is -1.73. The summed E-state index contributed by atoms with van der Waals surface area (Å²) in [7, 11) is -0.389. The van der Waals surface area contributed by atoms with Crippen LogP contribution in [-0.4, -0.2) is 38.1 Å². The molecule has 0 amide bonds. The van der Waals surface area contributed by atoms with E-state index < -0.39 is 0 Å². The molecule has 2 aromatic rings. The van der Waals surface area contributed by atoms with Gasteiger partial charge in [0.1, 0.15) is 12.4 Å². The highest BCUT2D eigenvalue weighted by atomic mass is 16.7. The molecule has 0 bridgehead atoms. The zero-order chi connectivity index (χ0) is 18.4. The minimum absolute atomic E-state index is 0.348. The summed E-state index contributed by atoms with van der Waals surface area (Å²) in [4.78, 5) is 9.07. The highest BCUT2D eigenvalue weighted by Gasteiger charge is 2.52. The molecule has 3 heterocycles. The zero-order valence-electron chi connectivity index (χ0n) is 16.1. The molecule has 2 aromatic heterocycles. The largest absolute Gasteiger partial charge is 0.498 e. The van der Waals surface area contributed by atoms with Gasteiger partial charge in [-0.1, -0.05) is 12.8 Å². The molecule has 4 rings (SSSR count). The van der Waals surface area contributed by atoms with Gasteiger partial charge in [0.25, 0.3) is 0 Å². The van der Waals surface area contributed by atoms with Gasteiger partial charge in [0.2, 0.25) is 0 Å². The first kappa shape index (κ1) is 17.7. The van der Waals surface area contributed by atoms with Crippen LogP contribution in [0.1, 0.15) is 70.7 Å². The first-order chi connectivity index (χ1) is 12.3. The molecular weight excluding hydrogens is 327 g/mol. The van der Waals surface area contributed by atoms with Crippen LogP contribution in [0.25, 0.3) is 0 Å². The third-order valence-corrected chi connectivity index (χ3v) is 6.03. The lowest BCUT2D eigenvalue weighted by molar-refractivity contribution is 0.00578. The van der Waals surface area contributed by atoms with Gasteiger partial charge in [-0.25, -0.2) is 9.97 Å². The summed E-state index contributed by atoms with van der Waals surface area (Å²) in [5.41, 5.74) is 1.49. The molecule has 6 nitrogen and oxygen atoms in total. The third-order valence-electron chi connectivity index (χ3n) is 6.03. The summed E-state index contributed by atoms with van der Waals surface area (Å²) >= 11 is 0. The SMILES string of the molecule is CC1(C)OB(c2cnn(Cc3ncc(C4CCCC4)cn3)c2)OC1(C)C. The Morgan fingerprint density at radius 1 is 1.04 bits per heavy atom. The summed E-state index contributed by atoms with van der Waals surface area (Å²) in [6.07, 6.45) is 12.9. The predicted octanol–water partition coefficient (Wildman–Crippen LogP) is 2.68. The van der Waals surface area contributed by atoms with Gasteiger partial charge >= 0.3 is 7.12 Å². The van der Waals surface area contributed by atoms with Crippen LogP contribution in [0, 0.1) is 0 Å². The van der Waals surface area contributed by atoms with Crippen LogP contribution in [0.15, 0.2) is 24.8 Å². The van der Waals surface area contributed by atoms with Gasteiger partial charge in [-0.2, -0.15) is 5.10 Å². The third kappa shape index (κ3) is 3.30. The molecule has 1 saturated heterocycles. The summed E-state index contributed by atoms with van der Waals surface area (Å²) < 4.78 is 14.0. The summed E-state index contributed by atoms with van der Waals surface area (Å²) in [6.45, 7) is 8.76. The number of nitrogens with zero attached hydrogens (tertiary/aromatic N) is 4. The van der Waals surface area contributed by atoms with Crippen LogP contribution in [0.4, 0.5) is 0 Å². The van der Waals surface area contributed by atoms with Gasteiger partial charge in [-0.15, -0.1) is 0 Å². The highest BCUT2D eigenvalue weighted by molar-refractivity contribution is 6.61. The van der Waals surface area contributed by atoms with Gasteiger partial charge in [0.05, 0.1) is 11.2 Å². The van der Waals surface area contributed by atoms with Gasteiger partial charge in [-0.3, -0.25) is 4.68 Å². The standard InChI is InChI=1S/C19H27BN4O2/c1-18(2)19(3,4)26-20(25-18)16-11-23-24(12-16)13-17-21-9-15(10-22-17)14-7-5-6-8-14/h9-12,14H,5-8,13H2,1-4H3. The molecule has 26 heavy (non-hydrogen) atoms. The Morgan fingerprint density at radius 2 is 1.65 bits per heavy atom. The van der Waals surface area contributed by atoms with Crippen molar-refractivity contribution in [2.75, 3.05) is 0 Å². The second kappa shape index (κ2) is 6.46. The maximum atomic E-state index is 6.08. The molecule has 138 valence electrons. The van der Waals surface area contributed by atoms with E-state index in [1.54, 1.807) is 6.20 Å².